The van der Waals surface area contributed by atoms with Crippen molar-refractivity contribution in [3.8, 4) is 0 Å². The van der Waals surface area contributed by atoms with Crippen LogP contribution in [0.2, 0.25) is 0 Å². The van der Waals surface area contributed by atoms with Crippen LogP contribution in [-0.2, 0) is 16.6 Å². The van der Waals surface area contributed by atoms with E-state index in [1.165, 1.54) is 11.6 Å². The fraction of sp³-hybridized carbons (Fsp3) is 0.192. The molecule has 0 aliphatic carbocycles. The van der Waals surface area contributed by atoms with Gasteiger partial charge in [-0.2, -0.15) is 0 Å². The Labute approximate surface area is 204 Å². The fourth-order valence-corrected chi connectivity index (χ4v) is 5.46. The molecular formula is C26H25N5O3S. The molecule has 1 aliphatic rings. The summed E-state index contributed by atoms with van der Waals surface area (Å²) in [5.74, 6) is -0.0544. The number of para-hydroxylation sites is 1. The first-order valence-electron chi connectivity index (χ1n) is 11.4. The molecule has 35 heavy (non-hydrogen) atoms. The van der Waals surface area contributed by atoms with Gasteiger partial charge in [0.15, 0.2) is 0 Å². The molecule has 178 valence electrons. The molecule has 1 amide bonds. The quantitative estimate of drug-likeness (QED) is 0.448. The van der Waals surface area contributed by atoms with E-state index in [4.69, 9.17) is 0 Å². The lowest BCUT2D eigenvalue weighted by Gasteiger charge is -2.34. The minimum absolute atomic E-state index is 0.0544. The number of nitrogens with one attached hydrogen (secondary N) is 1. The van der Waals surface area contributed by atoms with Gasteiger partial charge in [0.2, 0.25) is 0 Å². The second-order valence-electron chi connectivity index (χ2n) is 8.44. The van der Waals surface area contributed by atoms with Crippen LogP contribution in [0, 0.1) is 0 Å². The minimum Gasteiger partial charge on any atom is -0.336 e. The molecule has 1 fully saturated rings. The van der Waals surface area contributed by atoms with E-state index in [1.54, 1.807) is 55.0 Å². The maximum Gasteiger partial charge on any atom is 0.264 e. The fourth-order valence-electron chi connectivity index (χ4n) is 4.22. The molecular weight excluding hydrogens is 462 g/mol. The molecule has 0 radical (unpaired) electrons. The van der Waals surface area contributed by atoms with Crippen LogP contribution in [0.4, 0.5) is 5.69 Å². The number of amides is 1. The average Bonchev–Trinajstić information content (AvgIpc) is 2.89. The van der Waals surface area contributed by atoms with Gasteiger partial charge in [0.1, 0.15) is 4.90 Å². The molecule has 4 aromatic rings. The summed E-state index contributed by atoms with van der Waals surface area (Å²) in [6, 6.07) is 19.2. The number of piperazine rings is 1. The molecule has 0 atom stereocenters. The summed E-state index contributed by atoms with van der Waals surface area (Å²) in [6.45, 7) is 3.72. The first kappa shape index (κ1) is 22.9. The Morgan fingerprint density at radius 3 is 2.31 bits per heavy atom. The van der Waals surface area contributed by atoms with Crippen molar-refractivity contribution < 1.29 is 13.2 Å². The van der Waals surface area contributed by atoms with Crippen molar-refractivity contribution in [2.75, 3.05) is 30.9 Å². The van der Waals surface area contributed by atoms with Crippen LogP contribution < -0.4 is 4.72 Å². The molecule has 5 rings (SSSR count). The van der Waals surface area contributed by atoms with E-state index in [2.05, 4.69) is 19.6 Å². The molecule has 3 heterocycles. The molecule has 8 nitrogen and oxygen atoms in total. The lowest BCUT2D eigenvalue weighted by atomic mass is 10.1. The Morgan fingerprint density at radius 1 is 0.857 bits per heavy atom. The highest BCUT2D eigenvalue weighted by Gasteiger charge is 2.23. The molecule has 0 saturated carbocycles. The lowest BCUT2D eigenvalue weighted by Crippen LogP contribution is -2.48. The van der Waals surface area contributed by atoms with Gasteiger partial charge in [0.05, 0.1) is 5.52 Å². The van der Waals surface area contributed by atoms with Crippen LogP contribution in [-0.4, -0.2) is 60.3 Å². The number of benzene rings is 2. The lowest BCUT2D eigenvalue weighted by molar-refractivity contribution is 0.0628. The molecule has 1 saturated heterocycles. The molecule has 9 heteroatoms. The van der Waals surface area contributed by atoms with E-state index in [0.717, 1.165) is 25.0 Å². The summed E-state index contributed by atoms with van der Waals surface area (Å²) in [7, 11) is -3.84. The molecule has 1 aliphatic heterocycles. The second-order valence-corrected chi connectivity index (χ2v) is 10.1. The number of anilines is 1. The van der Waals surface area contributed by atoms with Crippen molar-refractivity contribution in [1.82, 2.24) is 19.8 Å². The Bertz CT molecular complexity index is 1430. The van der Waals surface area contributed by atoms with Gasteiger partial charge < -0.3 is 4.90 Å². The van der Waals surface area contributed by atoms with Gasteiger partial charge in [-0.1, -0.05) is 18.2 Å². The number of hydrogen-bond acceptors (Lipinski definition) is 6. The summed E-state index contributed by atoms with van der Waals surface area (Å²) in [5, 5.41) is 0.747. The summed E-state index contributed by atoms with van der Waals surface area (Å²) in [5.41, 5.74) is 2.54. The summed E-state index contributed by atoms with van der Waals surface area (Å²) in [4.78, 5) is 25.5. The summed E-state index contributed by atoms with van der Waals surface area (Å²) in [6.07, 6.45) is 5.15. The zero-order valence-corrected chi connectivity index (χ0v) is 19.9. The van der Waals surface area contributed by atoms with Crippen molar-refractivity contribution in [3.05, 3.63) is 96.4 Å². The van der Waals surface area contributed by atoms with E-state index >= 15 is 0 Å². The van der Waals surface area contributed by atoms with E-state index < -0.39 is 10.0 Å². The Morgan fingerprint density at radius 2 is 1.57 bits per heavy atom. The highest BCUT2D eigenvalue weighted by molar-refractivity contribution is 7.93. The minimum atomic E-state index is -3.84. The topological polar surface area (TPSA) is 95.5 Å². The van der Waals surface area contributed by atoms with Gasteiger partial charge in [-0.3, -0.25) is 24.4 Å². The highest BCUT2D eigenvalue weighted by Crippen LogP contribution is 2.23. The SMILES string of the molecule is O=C(c1ccc(NS(=O)(=O)c2cccc3cccnc23)cc1)N1CCN(Cc2ccncc2)CC1. The van der Waals surface area contributed by atoms with Crippen LogP contribution in [0.25, 0.3) is 10.9 Å². The molecule has 0 bridgehead atoms. The number of carbonyl (C=O) groups is 1. The largest absolute Gasteiger partial charge is 0.336 e. The zero-order chi connectivity index (χ0) is 24.3. The Balaban J connectivity index is 1.22. The van der Waals surface area contributed by atoms with Crippen LogP contribution in [0.15, 0.2) is 90.2 Å². The molecule has 2 aromatic heterocycles. The van der Waals surface area contributed by atoms with Crippen molar-refractivity contribution in [2.45, 2.75) is 11.4 Å². The monoisotopic (exact) mass is 487 g/mol. The van der Waals surface area contributed by atoms with Crippen LogP contribution in [0.5, 0.6) is 0 Å². The number of aromatic nitrogens is 2. The molecule has 0 spiro atoms. The van der Waals surface area contributed by atoms with Crippen LogP contribution in [0.3, 0.4) is 0 Å². The third-order valence-electron chi connectivity index (χ3n) is 6.08. The van der Waals surface area contributed by atoms with E-state index in [9.17, 15) is 13.2 Å². The number of rotatable bonds is 6. The van der Waals surface area contributed by atoms with Gasteiger partial charge in [-0.25, -0.2) is 8.42 Å². The molecule has 2 aromatic carbocycles. The van der Waals surface area contributed by atoms with E-state index in [0.29, 0.717) is 29.9 Å². The highest BCUT2D eigenvalue weighted by atomic mass is 32.2. The predicted molar refractivity (Wildman–Crippen MR) is 134 cm³/mol. The number of carbonyl (C=O) groups excluding carboxylic acids is 1. The Kier molecular flexibility index (Phi) is 6.43. The second kappa shape index (κ2) is 9.81. The van der Waals surface area contributed by atoms with Gasteiger partial charge in [-0.15, -0.1) is 0 Å². The maximum atomic E-state index is 13.0. The number of pyridine rings is 2. The maximum absolute atomic E-state index is 13.0. The first-order chi connectivity index (χ1) is 17.0. The van der Waals surface area contributed by atoms with E-state index in [1.807, 2.05) is 29.2 Å². The Hall–Kier alpha value is -3.82. The van der Waals surface area contributed by atoms with Crippen molar-refractivity contribution in [3.63, 3.8) is 0 Å². The number of sulfonamides is 1. The van der Waals surface area contributed by atoms with Gasteiger partial charge in [0, 0.05) is 68.0 Å². The number of hydrogen-bond donors (Lipinski definition) is 1. The normalized spacial score (nSPS) is 14.7. The first-order valence-corrected chi connectivity index (χ1v) is 12.9. The molecule has 1 N–H and O–H groups in total. The summed E-state index contributed by atoms with van der Waals surface area (Å²) < 4.78 is 28.6. The third-order valence-corrected chi connectivity index (χ3v) is 7.50. The van der Waals surface area contributed by atoms with Crippen LogP contribution >= 0.6 is 0 Å². The van der Waals surface area contributed by atoms with Gasteiger partial charge in [0.25, 0.3) is 15.9 Å². The smallest absolute Gasteiger partial charge is 0.264 e. The van der Waals surface area contributed by atoms with Crippen molar-refractivity contribution in [1.29, 1.82) is 0 Å². The number of nitrogens with zero attached hydrogens (tertiary/aromatic N) is 4. The van der Waals surface area contributed by atoms with Crippen LogP contribution in [0.1, 0.15) is 15.9 Å². The predicted octanol–water partition coefficient (Wildman–Crippen LogP) is 3.39. The zero-order valence-electron chi connectivity index (χ0n) is 19.0. The van der Waals surface area contributed by atoms with Crippen molar-refractivity contribution >= 4 is 32.5 Å². The summed E-state index contributed by atoms with van der Waals surface area (Å²) >= 11 is 0. The van der Waals surface area contributed by atoms with Gasteiger partial charge >= 0.3 is 0 Å². The molecule has 0 unspecified atom stereocenters. The average molecular weight is 488 g/mol. The van der Waals surface area contributed by atoms with Gasteiger partial charge in [-0.05, 0) is 54.1 Å². The number of fused-ring (bicyclic) bond motifs is 1. The van der Waals surface area contributed by atoms with Crippen molar-refractivity contribution in [2.24, 2.45) is 0 Å². The third kappa shape index (κ3) is 5.16. The van der Waals surface area contributed by atoms with E-state index in [-0.39, 0.29) is 10.8 Å². The standard InChI is InChI=1S/C26H25N5O3S/c32-26(31-17-15-30(16-18-31)19-20-10-13-27-14-11-20)22-6-8-23(9-7-22)29-35(33,34)24-5-1-3-21-4-2-12-28-25(21)24/h1-14,29H,15-19H2.